The molecule has 0 saturated carbocycles. The molecule has 0 bridgehead atoms. The summed E-state index contributed by atoms with van der Waals surface area (Å²) in [5, 5.41) is 6.27. The number of halogens is 1. The zero-order chi connectivity index (χ0) is 15.2. The fraction of sp³-hybridized carbons (Fsp3) is 0.312. The Bertz CT molecular complexity index is 595. The van der Waals surface area contributed by atoms with E-state index in [0.29, 0.717) is 5.56 Å². The van der Waals surface area contributed by atoms with Crippen LogP contribution in [0, 0.1) is 0 Å². The minimum atomic E-state index is -0.0749. The summed E-state index contributed by atoms with van der Waals surface area (Å²) >= 11 is 7.40. The molecule has 1 aromatic heterocycles. The standard InChI is InChI=1S/C16H19ClN2OS/c1-3-10-18-13-6-4-12(5-7-13)16(20)19-11(2)14-8-9-15(17)21-14/h4-9,11,18H,3,10H2,1-2H3,(H,19,20). The highest BCUT2D eigenvalue weighted by molar-refractivity contribution is 7.16. The predicted molar refractivity (Wildman–Crippen MR) is 90.4 cm³/mol. The van der Waals surface area contributed by atoms with E-state index in [0.717, 1.165) is 27.9 Å². The van der Waals surface area contributed by atoms with Crippen LogP contribution in [0.1, 0.15) is 41.5 Å². The van der Waals surface area contributed by atoms with Gasteiger partial charge in [-0.25, -0.2) is 0 Å². The summed E-state index contributed by atoms with van der Waals surface area (Å²) in [7, 11) is 0. The largest absolute Gasteiger partial charge is 0.385 e. The Kier molecular flexibility index (Phi) is 5.65. The summed E-state index contributed by atoms with van der Waals surface area (Å²) in [5.41, 5.74) is 1.69. The van der Waals surface area contributed by atoms with E-state index in [9.17, 15) is 4.79 Å². The van der Waals surface area contributed by atoms with Crippen molar-refractivity contribution >= 4 is 34.5 Å². The number of carbonyl (C=O) groups is 1. The van der Waals surface area contributed by atoms with Crippen molar-refractivity contribution in [3.05, 3.63) is 51.2 Å². The van der Waals surface area contributed by atoms with Crippen molar-refractivity contribution in [1.82, 2.24) is 5.32 Å². The zero-order valence-electron chi connectivity index (χ0n) is 12.2. The monoisotopic (exact) mass is 322 g/mol. The fourth-order valence-corrected chi connectivity index (χ4v) is 2.98. The molecule has 0 saturated heterocycles. The van der Waals surface area contributed by atoms with Crippen LogP contribution in [0.25, 0.3) is 0 Å². The van der Waals surface area contributed by atoms with Gasteiger partial charge in [0, 0.05) is 22.7 Å². The SMILES string of the molecule is CCCNc1ccc(C(=O)NC(C)c2ccc(Cl)s2)cc1. The first-order chi connectivity index (χ1) is 10.1. The molecule has 112 valence electrons. The van der Waals surface area contributed by atoms with Crippen molar-refractivity contribution in [3.8, 4) is 0 Å². The van der Waals surface area contributed by atoms with Crippen molar-refractivity contribution in [1.29, 1.82) is 0 Å². The minimum absolute atomic E-state index is 0.0482. The van der Waals surface area contributed by atoms with Gasteiger partial charge in [0.25, 0.3) is 5.91 Å². The Morgan fingerprint density at radius 1 is 1.24 bits per heavy atom. The fourth-order valence-electron chi connectivity index (χ4n) is 1.92. The number of carbonyl (C=O) groups excluding carboxylic acids is 1. The summed E-state index contributed by atoms with van der Waals surface area (Å²) in [6.45, 7) is 5.01. The van der Waals surface area contributed by atoms with E-state index >= 15 is 0 Å². The van der Waals surface area contributed by atoms with Gasteiger partial charge in [0.2, 0.25) is 0 Å². The average Bonchev–Trinajstić information content (AvgIpc) is 2.92. The molecule has 2 N–H and O–H groups in total. The van der Waals surface area contributed by atoms with E-state index in [1.54, 1.807) is 0 Å². The van der Waals surface area contributed by atoms with Gasteiger partial charge >= 0.3 is 0 Å². The van der Waals surface area contributed by atoms with E-state index in [4.69, 9.17) is 11.6 Å². The van der Waals surface area contributed by atoms with Crippen molar-refractivity contribution < 1.29 is 4.79 Å². The zero-order valence-corrected chi connectivity index (χ0v) is 13.7. The molecule has 2 rings (SSSR count). The van der Waals surface area contributed by atoms with Crippen molar-refractivity contribution in [3.63, 3.8) is 0 Å². The molecule has 21 heavy (non-hydrogen) atoms. The molecular formula is C16H19ClN2OS. The van der Waals surface area contributed by atoms with Crippen LogP contribution >= 0.6 is 22.9 Å². The second kappa shape index (κ2) is 7.48. The molecule has 1 atom stereocenters. The van der Waals surface area contributed by atoms with E-state index < -0.39 is 0 Å². The highest BCUT2D eigenvalue weighted by Crippen LogP contribution is 2.26. The molecule has 5 heteroatoms. The first kappa shape index (κ1) is 15.9. The van der Waals surface area contributed by atoms with Crippen LogP contribution in [-0.2, 0) is 0 Å². The number of amides is 1. The first-order valence-corrected chi connectivity index (χ1v) is 8.19. The van der Waals surface area contributed by atoms with Gasteiger partial charge in [0.1, 0.15) is 0 Å². The minimum Gasteiger partial charge on any atom is -0.385 e. The number of anilines is 1. The van der Waals surface area contributed by atoms with Gasteiger partial charge in [-0.15, -0.1) is 11.3 Å². The van der Waals surface area contributed by atoms with E-state index in [1.165, 1.54) is 11.3 Å². The summed E-state index contributed by atoms with van der Waals surface area (Å²) in [6.07, 6.45) is 1.07. The molecule has 0 aliphatic carbocycles. The highest BCUT2D eigenvalue weighted by Gasteiger charge is 2.13. The maximum absolute atomic E-state index is 12.2. The molecule has 0 spiro atoms. The molecule has 0 aliphatic heterocycles. The number of benzene rings is 1. The Hall–Kier alpha value is -1.52. The molecular weight excluding hydrogens is 304 g/mol. The lowest BCUT2D eigenvalue weighted by molar-refractivity contribution is 0.0940. The topological polar surface area (TPSA) is 41.1 Å². The Morgan fingerprint density at radius 3 is 2.52 bits per heavy atom. The molecule has 1 unspecified atom stereocenters. The Labute approximate surface area is 134 Å². The smallest absolute Gasteiger partial charge is 0.251 e. The predicted octanol–water partition coefficient (Wildman–Crippen LogP) is 4.71. The summed E-state index contributed by atoms with van der Waals surface area (Å²) < 4.78 is 0.734. The second-order valence-corrected chi connectivity index (χ2v) is 6.59. The maximum atomic E-state index is 12.2. The molecule has 0 aliphatic rings. The lowest BCUT2D eigenvalue weighted by Crippen LogP contribution is -2.26. The number of rotatable bonds is 6. The summed E-state index contributed by atoms with van der Waals surface area (Å²) in [4.78, 5) is 13.3. The molecule has 1 heterocycles. The molecule has 2 aromatic rings. The van der Waals surface area contributed by atoms with Crippen LogP contribution in [0.2, 0.25) is 4.34 Å². The van der Waals surface area contributed by atoms with Gasteiger partial charge < -0.3 is 10.6 Å². The quantitative estimate of drug-likeness (QED) is 0.808. The van der Waals surface area contributed by atoms with Gasteiger partial charge in [-0.1, -0.05) is 18.5 Å². The van der Waals surface area contributed by atoms with Crippen molar-refractivity contribution in [2.24, 2.45) is 0 Å². The van der Waals surface area contributed by atoms with Gasteiger partial charge in [0.05, 0.1) is 10.4 Å². The Balaban J connectivity index is 1.96. The molecule has 0 radical (unpaired) electrons. The number of hydrogen-bond donors (Lipinski definition) is 2. The average molecular weight is 323 g/mol. The number of thiophene rings is 1. The van der Waals surface area contributed by atoms with E-state index in [-0.39, 0.29) is 11.9 Å². The third-order valence-corrected chi connectivity index (χ3v) is 4.51. The normalized spacial score (nSPS) is 12.0. The third kappa shape index (κ3) is 4.48. The lowest BCUT2D eigenvalue weighted by atomic mass is 10.1. The molecule has 0 fully saturated rings. The number of nitrogens with one attached hydrogen (secondary N) is 2. The van der Waals surface area contributed by atoms with E-state index in [1.807, 2.05) is 43.3 Å². The van der Waals surface area contributed by atoms with Crippen LogP contribution in [0.3, 0.4) is 0 Å². The lowest BCUT2D eigenvalue weighted by Gasteiger charge is -2.12. The van der Waals surface area contributed by atoms with Gasteiger partial charge in [-0.2, -0.15) is 0 Å². The summed E-state index contributed by atoms with van der Waals surface area (Å²) in [6, 6.07) is 11.3. The molecule has 1 amide bonds. The van der Waals surface area contributed by atoms with Gasteiger partial charge in [0.15, 0.2) is 0 Å². The van der Waals surface area contributed by atoms with Gasteiger partial charge in [-0.3, -0.25) is 4.79 Å². The van der Waals surface area contributed by atoms with Crippen LogP contribution < -0.4 is 10.6 Å². The molecule has 3 nitrogen and oxygen atoms in total. The third-order valence-electron chi connectivity index (χ3n) is 3.09. The van der Waals surface area contributed by atoms with Crippen molar-refractivity contribution in [2.75, 3.05) is 11.9 Å². The number of hydrogen-bond acceptors (Lipinski definition) is 3. The van der Waals surface area contributed by atoms with E-state index in [2.05, 4.69) is 17.6 Å². The highest BCUT2D eigenvalue weighted by atomic mass is 35.5. The molecule has 1 aromatic carbocycles. The first-order valence-electron chi connectivity index (χ1n) is 7.00. The van der Waals surface area contributed by atoms with Crippen LogP contribution in [0.4, 0.5) is 5.69 Å². The van der Waals surface area contributed by atoms with Crippen LogP contribution in [0.5, 0.6) is 0 Å². The Morgan fingerprint density at radius 2 is 1.95 bits per heavy atom. The van der Waals surface area contributed by atoms with Crippen LogP contribution in [-0.4, -0.2) is 12.5 Å². The van der Waals surface area contributed by atoms with Gasteiger partial charge in [-0.05, 0) is 49.7 Å². The second-order valence-electron chi connectivity index (χ2n) is 4.84. The summed E-state index contributed by atoms with van der Waals surface area (Å²) in [5.74, 6) is -0.0749. The van der Waals surface area contributed by atoms with Crippen LogP contribution in [0.15, 0.2) is 36.4 Å². The maximum Gasteiger partial charge on any atom is 0.251 e. The van der Waals surface area contributed by atoms with Crippen molar-refractivity contribution in [2.45, 2.75) is 26.3 Å².